The zero-order valence-corrected chi connectivity index (χ0v) is 46.0. The number of aromatic nitrogens is 2. The zero-order chi connectivity index (χ0) is 54.7. The molecule has 0 spiro atoms. The van der Waals surface area contributed by atoms with Gasteiger partial charge in [-0.2, -0.15) is 0 Å². The van der Waals surface area contributed by atoms with Crippen molar-refractivity contribution in [1.82, 2.24) is 9.13 Å². The molecule has 16 aromatic rings. The fraction of sp³-hybridized carbons (Fsp3) is 0.0789. The Morgan fingerprint density at radius 1 is 0.268 bits per heavy atom. The van der Waals surface area contributed by atoms with Crippen LogP contribution >= 0.6 is 0 Å². The molecule has 0 aliphatic rings. The van der Waals surface area contributed by atoms with Gasteiger partial charge in [-0.1, -0.05) is 125 Å². The highest BCUT2D eigenvalue weighted by atomic mass is 16.3. The first-order valence-corrected chi connectivity index (χ1v) is 28.5. The number of fused-ring (bicyclic) bond motifs is 13. The standard InChI is InChI=1S/C76H56N4O2/c1-47(2)49-17-15-23-55(37-49)79-69-27-13-11-25-61(69)63-43-57(29-33-71(63)79)77(53-19-7-5-8-20-53)59-31-35-73-67(45-59)65-39-51-40-66-68-46-60(32-36-74(68)82-76(66)42-52(51)41-75(65)81-73)78(54-21-9-6-10-22-54)58-30-34-72-64(44-58)62-26-12-14-28-70(62)80(72)56-24-16-18-50(38-56)48(3)4/h5-48H,1-4H3. The number of anilines is 6. The molecular formula is C76H56N4O2. The number of hydrogen-bond acceptors (Lipinski definition) is 4. The Kier molecular flexibility index (Phi) is 10.8. The van der Waals surface area contributed by atoms with E-state index in [1.807, 2.05) is 0 Å². The number of benzene rings is 12. The molecule has 0 bridgehead atoms. The van der Waals surface area contributed by atoms with E-state index in [9.17, 15) is 0 Å². The van der Waals surface area contributed by atoms with Crippen LogP contribution in [0.3, 0.4) is 0 Å². The summed E-state index contributed by atoms with van der Waals surface area (Å²) in [5.74, 6) is 0.854. The van der Waals surface area contributed by atoms with Crippen molar-refractivity contribution in [1.29, 1.82) is 0 Å². The van der Waals surface area contributed by atoms with Crippen LogP contribution in [0.4, 0.5) is 34.1 Å². The van der Waals surface area contributed by atoms with Gasteiger partial charge in [-0.3, -0.25) is 0 Å². The van der Waals surface area contributed by atoms with Crippen molar-refractivity contribution < 1.29 is 8.83 Å². The van der Waals surface area contributed by atoms with Gasteiger partial charge in [-0.05, 0) is 191 Å². The molecule has 0 unspecified atom stereocenters. The molecule has 16 rings (SSSR count). The van der Waals surface area contributed by atoms with E-state index in [0.29, 0.717) is 11.8 Å². The first kappa shape index (κ1) is 47.7. The number of furan rings is 2. The van der Waals surface area contributed by atoms with E-state index in [1.54, 1.807) is 0 Å². The summed E-state index contributed by atoms with van der Waals surface area (Å²) in [4.78, 5) is 4.73. The highest BCUT2D eigenvalue weighted by molar-refractivity contribution is 6.17. The van der Waals surface area contributed by atoms with Crippen LogP contribution < -0.4 is 9.80 Å². The summed E-state index contributed by atoms with van der Waals surface area (Å²) in [5, 5.41) is 11.2. The fourth-order valence-corrected chi connectivity index (χ4v) is 12.9. The maximum absolute atomic E-state index is 6.71. The van der Waals surface area contributed by atoms with Gasteiger partial charge in [-0.25, -0.2) is 0 Å². The molecule has 6 nitrogen and oxygen atoms in total. The molecule has 6 heteroatoms. The minimum absolute atomic E-state index is 0.427. The van der Waals surface area contributed by atoms with E-state index in [1.165, 1.54) is 66.1 Å². The minimum Gasteiger partial charge on any atom is -0.456 e. The Labute approximate surface area is 474 Å². The second kappa shape index (κ2) is 18.7. The summed E-state index contributed by atoms with van der Waals surface area (Å²) in [6, 6.07) is 92.8. The quantitative estimate of drug-likeness (QED) is 0.137. The SMILES string of the molecule is CC(C)c1cccc(-n2c3ccccc3c3cc(N(c4ccccc4)c4ccc5oc6cc7cc8oc9ccc(N(c%10ccccc%10)c%10ccc%11c(c%10)c%10ccccc%10n%11-c%10cccc(C(C)C)c%10)cc9c8cc7cc6c5c4)ccc32)c1. The van der Waals surface area contributed by atoms with Crippen LogP contribution in [0, 0.1) is 0 Å². The van der Waals surface area contributed by atoms with Gasteiger partial charge >= 0.3 is 0 Å². The number of rotatable bonds is 10. The average Bonchev–Trinajstić information content (AvgIpc) is 4.44. The van der Waals surface area contributed by atoms with Crippen LogP contribution in [0.15, 0.2) is 264 Å². The normalized spacial score (nSPS) is 12.1. The molecule has 0 N–H and O–H groups in total. The fourth-order valence-electron chi connectivity index (χ4n) is 12.9. The Morgan fingerprint density at radius 3 is 1.07 bits per heavy atom. The summed E-state index contributed by atoms with van der Waals surface area (Å²) in [6.45, 7) is 9.03. The topological polar surface area (TPSA) is 42.6 Å². The predicted octanol–water partition coefficient (Wildman–Crippen LogP) is 22.0. The zero-order valence-electron chi connectivity index (χ0n) is 46.0. The van der Waals surface area contributed by atoms with Crippen molar-refractivity contribution in [2.24, 2.45) is 0 Å². The first-order chi connectivity index (χ1) is 40.3. The maximum Gasteiger partial charge on any atom is 0.136 e. The summed E-state index contributed by atoms with van der Waals surface area (Å²) >= 11 is 0. The average molecular weight is 1060 g/mol. The second-order valence-corrected chi connectivity index (χ2v) is 22.6. The molecule has 0 radical (unpaired) electrons. The van der Waals surface area contributed by atoms with Crippen molar-refractivity contribution in [3.63, 3.8) is 0 Å². The summed E-state index contributed by atoms with van der Waals surface area (Å²) in [6.07, 6.45) is 0. The van der Waals surface area contributed by atoms with Crippen molar-refractivity contribution in [2.75, 3.05) is 9.80 Å². The van der Waals surface area contributed by atoms with Gasteiger partial charge in [0.2, 0.25) is 0 Å². The molecule has 4 aromatic heterocycles. The van der Waals surface area contributed by atoms with Crippen molar-refractivity contribution in [3.8, 4) is 11.4 Å². The third-order valence-corrected chi connectivity index (χ3v) is 16.9. The predicted molar refractivity (Wildman–Crippen MR) is 345 cm³/mol. The molecular weight excluding hydrogens is 1000 g/mol. The van der Waals surface area contributed by atoms with E-state index in [4.69, 9.17) is 8.83 Å². The lowest BCUT2D eigenvalue weighted by molar-refractivity contribution is 0.668. The van der Waals surface area contributed by atoms with Crippen LogP contribution in [0.25, 0.3) is 110 Å². The van der Waals surface area contributed by atoms with E-state index in [-0.39, 0.29) is 0 Å². The molecule has 0 fully saturated rings. The van der Waals surface area contributed by atoms with Crippen LogP contribution in [-0.2, 0) is 0 Å². The van der Waals surface area contributed by atoms with Crippen LogP contribution in [-0.4, -0.2) is 9.13 Å². The minimum atomic E-state index is 0.427. The van der Waals surface area contributed by atoms with Gasteiger partial charge in [-0.15, -0.1) is 0 Å². The molecule has 82 heavy (non-hydrogen) atoms. The summed E-state index contributed by atoms with van der Waals surface area (Å²) in [5.41, 5.74) is 19.4. The molecule has 4 heterocycles. The lowest BCUT2D eigenvalue weighted by atomic mass is 10.0. The third kappa shape index (κ3) is 7.63. The first-order valence-electron chi connectivity index (χ1n) is 28.5. The number of nitrogens with zero attached hydrogens (tertiary/aromatic N) is 4. The second-order valence-electron chi connectivity index (χ2n) is 22.6. The van der Waals surface area contributed by atoms with E-state index in [0.717, 1.165) is 88.8 Å². The molecule has 0 amide bonds. The summed E-state index contributed by atoms with van der Waals surface area (Å²) < 4.78 is 18.2. The molecule has 0 saturated carbocycles. The molecule has 392 valence electrons. The van der Waals surface area contributed by atoms with Gasteiger partial charge in [0.15, 0.2) is 0 Å². The Balaban J connectivity index is 0.812. The van der Waals surface area contributed by atoms with E-state index in [2.05, 4.69) is 301 Å². The summed E-state index contributed by atoms with van der Waals surface area (Å²) in [7, 11) is 0. The van der Waals surface area contributed by atoms with E-state index >= 15 is 0 Å². The lowest BCUT2D eigenvalue weighted by Crippen LogP contribution is -2.09. The van der Waals surface area contributed by atoms with Gasteiger partial charge in [0.25, 0.3) is 0 Å². The smallest absolute Gasteiger partial charge is 0.136 e. The van der Waals surface area contributed by atoms with Crippen molar-refractivity contribution in [2.45, 2.75) is 39.5 Å². The molecule has 0 aliphatic carbocycles. The number of hydrogen-bond donors (Lipinski definition) is 0. The molecule has 12 aromatic carbocycles. The van der Waals surface area contributed by atoms with Gasteiger partial charge < -0.3 is 27.8 Å². The largest absolute Gasteiger partial charge is 0.456 e. The third-order valence-electron chi connectivity index (χ3n) is 16.9. The van der Waals surface area contributed by atoms with Crippen LogP contribution in [0.2, 0.25) is 0 Å². The molecule has 0 atom stereocenters. The Bertz CT molecular complexity index is 4870. The highest BCUT2D eigenvalue weighted by Gasteiger charge is 2.23. The van der Waals surface area contributed by atoms with Gasteiger partial charge in [0.05, 0.1) is 22.1 Å². The lowest BCUT2D eigenvalue weighted by Gasteiger charge is -2.25. The maximum atomic E-state index is 6.71. The molecule has 0 aliphatic heterocycles. The van der Waals surface area contributed by atoms with Crippen molar-refractivity contribution in [3.05, 3.63) is 266 Å². The van der Waals surface area contributed by atoms with E-state index < -0.39 is 0 Å². The Hall–Kier alpha value is -10.3. The molecule has 0 saturated heterocycles. The number of para-hydroxylation sites is 4. The monoisotopic (exact) mass is 1060 g/mol. The van der Waals surface area contributed by atoms with Gasteiger partial charge in [0, 0.05) is 88.6 Å². The van der Waals surface area contributed by atoms with Crippen LogP contribution in [0.5, 0.6) is 0 Å². The Morgan fingerprint density at radius 2 is 0.634 bits per heavy atom. The highest BCUT2D eigenvalue weighted by Crippen LogP contribution is 2.46. The van der Waals surface area contributed by atoms with Crippen LogP contribution in [0.1, 0.15) is 50.7 Å². The van der Waals surface area contributed by atoms with Gasteiger partial charge in [0.1, 0.15) is 22.3 Å². The van der Waals surface area contributed by atoms with Crippen molar-refractivity contribution >= 4 is 132 Å².